The van der Waals surface area contributed by atoms with Gasteiger partial charge in [0.2, 0.25) is 0 Å². The van der Waals surface area contributed by atoms with Gasteiger partial charge in [-0.25, -0.2) is 0 Å². The number of aliphatic hydroxyl groups is 1. The Morgan fingerprint density at radius 3 is 2.75 bits per heavy atom. The van der Waals surface area contributed by atoms with E-state index in [1.165, 1.54) is 0 Å². The summed E-state index contributed by atoms with van der Waals surface area (Å²) in [6, 6.07) is 0. The minimum atomic E-state index is -0.121. The minimum absolute atomic E-state index is 0.0699. The fourth-order valence-corrected chi connectivity index (χ4v) is 2.27. The van der Waals surface area contributed by atoms with E-state index in [0.717, 1.165) is 31.4 Å². The van der Waals surface area contributed by atoms with Gasteiger partial charge in [0.15, 0.2) is 0 Å². The van der Waals surface area contributed by atoms with Gasteiger partial charge in [-0.1, -0.05) is 29.8 Å². The molecule has 12 heavy (non-hydrogen) atoms. The fourth-order valence-electron chi connectivity index (χ4n) is 1.77. The highest BCUT2D eigenvalue weighted by molar-refractivity contribution is 9.09. The van der Waals surface area contributed by atoms with E-state index >= 15 is 0 Å². The monoisotopic (exact) mass is 235 g/mol. The van der Waals surface area contributed by atoms with Gasteiger partial charge in [-0.15, -0.1) is 0 Å². The van der Waals surface area contributed by atoms with Gasteiger partial charge in [-0.2, -0.15) is 0 Å². The molecular formula is C9H18BrNO. The van der Waals surface area contributed by atoms with E-state index in [1.807, 2.05) is 0 Å². The van der Waals surface area contributed by atoms with Crippen LogP contribution in [0.5, 0.6) is 0 Å². The Labute approximate surface area is 83.1 Å². The molecule has 1 aliphatic heterocycles. The largest absolute Gasteiger partial charge is 0.392 e. The van der Waals surface area contributed by atoms with Crippen LogP contribution in [0.1, 0.15) is 20.3 Å². The molecule has 0 aromatic rings. The Kier molecular flexibility index (Phi) is 3.56. The van der Waals surface area contributed by atoms with E-state index in [1.54, 1.807) is 0 Å². The average Bonchev–Trinajstić information content (AvgIpc) is 1.97. The second-order valence-corrected chi connectivity index (χ2v) is 5.05. The lowest BCUT2D eigenvalue weighted by molar-refractivity contribution is -0.0222. The van der Waals surface area contributed by atoms with E-state index in [2.05, 4.69) is 34.7 Å². The SMILES string of the molecule is CC1(C)CN(CCBr)CCC1O. The van der Waals surface area contributed by atoms with Crippen LogP contribution in [0.2, 0.25) is 0 Å². The van der Waals surface area contributed by atoms with Crippen LogP contribution in [0.3, 0.4) is 0 Å². The molecule has 0 radical (unpaired) electrons. The second kappa shape index (κ2) is 4.07. The van der Waals surface area contributed by atoms with Crippen LogP contribution in [0.4, 0.5) is 0 Å². The van der Waals surface area contributed by atoms with Gasteiger partial charge in [0, 0.05) is 30.4 Å². The number of halogens is 1. The van der Waals surface area contributed by atoms with Crippen LogP contribution in [0, 0.1) is 5.41 Å². The van der Waals surface area contributed by atoms with E-state index in [-0.39, 0.29) is 11.5 Å². The molecule has 0 amide bonds. The van der Waals surface area contributed by atoms with Crippen molar-refractivity contribution >= 4 is 15.9 Å². The van der Waals surface area contributed by atoms with Gasteiger partial charge < -0.3 is 10.0 Å². The van der Waals surface area contributed by atoms with Crippen molar-refractivity contribution in [1.82, 2.24) is 4.90 Å². The van der Waals surface area contributed by atoms with E-state index in [0.29, 0.717) is 0 Å². The van der Waals surface area contributed by atoms with Crippen LogP contribution in [-0.4, -0.2) is 41.1 Å². The summed E-state index contributed by atoms with van der Waals surface area (Å²) in [6.07, 6.45) is 0.795. The summed E-state index contributed by atoms with van der Waals surface area (Å²) in [5.74, 6) is 0. The first-order valence-electron chi connectivity index (χ1n) is 4.52. The van der Waals surface area contributed by atoms with Crippen LogP contribution in [0.15, 0.2) is 0 Å². The van der Waals surface area contributed by atoms with Crippen molar-refractivity contribution in [2.24, 2.45) is 5.41 Å². The van der Waals surface area contributed by atoms with Gasteiger partial charge in [0.05, 0.1) is 6.10 Å². The summed E-state index contributed by atoms with van der Waals surface area (Å²) in [5.41, 5.74) is 0.0699. The van der Waals surface area contributed by atoms with Crippen LogP contribution < -0.4 is 0 Å². The maximum absolute atomic E-state index is 9.68. The van der Waals surface area contributed by atoms with Crippen molar-refractivity contribution in [2.75, 3.05) is 25.0 Å². The summed E-state index contributed by atoms with van der Waals surface area (Å²) in [4.78, 5) is 2.40. The van der Waals surface area contributed by atoms with Crippen molar-refractivity contribution in [2.45, 2.75) is 26.4 Å². The maximum atomic E-state index is 9.68. The van der Waals surface area contributed by atoms with Crippen molar-refractivity contribution in [3.63, 3.8) is 0 Å². The topological polar surface area (TPSA) is 23.5 Å². The van der Waals surface area contributed by atoms with Gasteiger partial charge in [-0.3, -0.25) is 0 Å². The predicted molar refractivity (Wildman–Crippen MR) is 54.6 cm³/mol. The smallest absolute Gasteiger partial charge is 0.0615 e. The molecular weight excluding hydrogens is 218 g/mol. The van der Waals surface area contributed by atoms with Gasteiger partial charge in [0.1, 0.15) is 0 Å². The first-order valence-corrected chi connectivity index (χ1v) is 5.65. The summed E-state index contributed by atoms with van der Waals surface area (Å²) < 4.78 is 0. The molecule has 1 unspecified atom stereocenters. The number of rotatable bonds is 2. The molecule has 2 nitrogen and oxygen atoms in total. The van der Waals surface area contributed by atoms with Gasteiger partial charge >= 0.3 is 0 Å². The van der Waals surface area contributed by atoms with Gasteiger partial charge in [-0.05, 0) is 6.42 Å². The summed E-state index contributed by atoms with van der Waals surface area (Å²) in [7, 11) is 0. The molecule has 1 fully saturated rings. The van der Waals surface area contributed by atoms with E-state index in [9.17, 15) is 5.11 Å². The lowest BCUT2D eigenvalue weighted by Crippen LogP contribution is -2.48. The Balaban J connectivity index is 2.45. The van der Waals surface area contributed by atoms with Crippen molar-refractivity contribution in [3.8, 4) is 0 Å². The van der Waals surface area contributed by atoms with Crippen LogP contribution in [0.25, 0.3) is 0 Å². The van der Waals surface area contributed by atoms with E-state index in [4.69, 9.17) is 0 Å². The quantitative estimate of drug-likeness (QED) is 0.734. The van der Waals surface area contributed by atoms with E-state index < -0.39 is 0 Å². The minimum Gasteiger partial charge on any atom is -0.392 e. The highest BCUT2D eigenvalue weighted by atomic mass is 79.9. The number of likely N-dealkylation sites (tertiary alicyclic amines) is 1. The Morgan fingerprint density at radius 1 is 1.58 bits per heavy atom. The number of alkyl halides is 1. The standard InChI is InChI=1S/C9H18BrNO/c1-9(2)7-11(6-4-10)5-3-8(9)12/h8,12H,3-7H2,1-2H3. The molecule has 0 spiro atoms. The van der Waals surface area contributed by atoms with Crippen molar-refractivity contribution < 1.29 is 5.11 Å². The molecule has 3 heteroatoms. The third-order valence-corrected chi connectivity index (χ3v) is 3.01. The molecule has 72 valence electrons. The molecule has 0 saturated carbocycles. The van der Waals surface area contributed by atoms with Crippen molar-refractivity contribution in [3.05, 3.63) is 0 Å². The Hall–Kier alpha value is 0.400. The van der Waals surface area contributed by atoms with Gasteiger partial charge in [0.25, 0.3) is 0 Å². The lowest BCUT2D eigenvalue weighted by atomic mass is 9.81. The zero-order chi connectivity index (χ0) is 9.19. The number of nitrogens with zero attached hydrogens (tertiary/aromatic N) is 1. The summed E-state index contributed by atoms with van der Waals surface area (Å²) in [6.45, 7) is 7.42. The Morgan fingerprint density at radius 2 is 2.25 bits per heavy atom. The molecule has 1 N–H and O–H groups in total. The number of hydrogen-bond acceptors (Lipinski definition) is 2. The third kappa shape index (κ3) is 2.44. The zero-order valence-electron chi connectivity index (χ0n) is 7.89. The number of hydrogen-bond donors (Lipinski definition) is 1. The second-order valence-electron chi connectivity index (χ2n) is 4.26. The molecule has 1 atom stereocenters. The number of aliphatic hydroxyl groups excluding tert-OH is 1. The molecule has 1 rings (SSSR count). The molecule has 1 heterocycles. The fraction of sp³-hybridized carbons (Fsp3) is 1.00. The molecule has 0 bridgehead atoms. The molecule has 1 saturated heterocycles. The normalized spacial score (nSPS) is 30.5. The third-order valence-electron chi connectivity index (χ3n) is 2.65. The predicted octanol–water partition coefficient (Wildman–Crippen LogP) is 1.47. The Bertz CT molecular complexity index is 149. The summed E-state index contributed by atoms with van der Waals surface area (Å²) in [5, 5.41) is 10.7. The zero-order valence-corrected chi connectivity index (χ0v) is 9.47. The average molecular weight is 236 g/mol. The maximum Gasteiger partial charge on any atom is 0.0615 e. The lowest BCUT2D eigenvalue weighted by Gasteiger charge is -2.41. The molecule has 0 aromatic heterocycles. The van der Waals surface area contributed by atoms with Crippen molar-refractivity contribution in [1.29, 1.82) is 0 Å². The first kappa shape index (κ1) is 10.5. The first-order chi connectivity index (χ1) is 5.56. The van der Waals surface area contributed by atoms with Crippen LogP contribution >= 0.6 is 15.9 Å². The molecule has 1 aliphatic rings. The highest BCUT2D eigenvalue weighted by Gasteiger charge is 2.33. The molecule has 0 aromatic carbocycles. The number of piperidine rings is 1. The molecule has 0 aliphatic carbocycles. The highest BCUT2D eigenvalue weighted by Crippen LogP contribution is 2.28. The van der Waals surface area contributed by atoms with Crippen LogP contribution in [-0.2, 0) is 0 Å². The summed E-state index contributed by atoms with van der Waals surface area (Å²) >= 11 is 3.43.